The lowest BCUT2D eigenvalue weighted by molar-refractivity contribution is -0.193. The first kappa shape index (κ1) is 34.1. The average molecular weight is 652 g/mol. The van der Waals surface area contributed by atoms with Gasteiger partial charge in [-0.15, -0.1) is 0 Å². The third kappa shape index (κ3) is 7.36. The molecule has 0 saturated heterocycles. The Morgan fingerprint density at radius 1 is 1.14 bits per heavy atom. The number of nitrogens with one attached hydrogen (secondary N) is 1. The lowest BCUT2D eigenvalue weighted by Crippen LogP contribution is -2.47. The largest absolute Gasteiger partial charge is 0.434 e. The van der Waals surface area contributed by atoms with Crippen LogP contribution >= 0.6 is 0 Å². The van der Waals surface area contributed by atoms with Gasteiger partial charge in [-0.25, -0.2) is 8.42 Å². The molecule has 0 aliphatic heterocycles. The monoisotopic (exact) mass is 651 g/mol. The summed E-state index contributed by atoms with van der Waals surface area (Å²) in [4.78, 5) is 13.2. The van der Waals surface area contributed by atoms with Gasteiger partial charge in [0.2, 0.25) is 0 Å². The SMILES string of the molecule is CCn1nc(C(=O)NCC2(O)CCC(S(C)(=O)=O)CC2)c(C)c1-c1ccc(C2(O)CCC(C(F)(F)F)CC2)cc1OC(F)F. The smallest absolute Gasteiger partial charge is 0.391 e. The molecule has 4 rings (SSSR count). The fourth-order valence-corrected chi connectivity index (χ4v) is 7.40. The van der Waals surface area contributed by atoms with Crippen molar-refractivity contribution in [3.63, 3.8) is 0 Å². The summed E-state index contributed by atoms with van der Waals surface area (Å²) in [7, 11) is -3.24. The molecule has 1 aromatic carbocycles. The molecule has 1 heterocycles. The normalized spacial score (nSPS) is 26.5. The maximum absolute atomic E-state index is 13.5. The first-order chi connectivity index (χ1) is 20.4. The number of halogens is 5. The van der Waals surface area contributed by atoms with E-state index >= 15 is 0 Å². The predicted molar refractivity (Wildman–Crippen MR) is 151 cm³/mol. The second kappa shape index (κ2) is 12.5. The number of nitrogens with zero attached hydrogens (tertiary/aromatic N) is 2. The first-order valence-electron chi connectivity index (χ1n) is 14.5. The minimum absolute atomic E-state index is 0.0218. The van der Waals surface area contributed by atoms with Gasteiger partial charge in [0, 0.05) is 30.5 Å². The van der Waals surface area contributed by atoms with Crippen molar-refractivity contribution >= 4 is 15.7 Å². The van der Waals surface area contributed by atoms with E-state index < -0.39 is 50.9 Å². The summed E-state index contributed by atoms with van der Waals surface area (Å²) >= 11 is 0. The van der Waals surface area contributed by atoms with Gasteiger partial charge < -0.3 is 20.3 Å². The van der Waals surface area contributed by atoms with Crippen LogP contribution in [0.15, 0.2) is 18.2 Å². The molecule has 0 atom stereocenters. The number of aryl methyl sites for hydroxylation is 1. The predicted octanol–water partition coefficient (Wildman–Crippen LogP) is 4.87. The van der Waals surface area contributed by atoms with Crippen LogP contribution in [0.3, 0.4) is 0 Å². The van der Waals surface area contributed by atoms with Crippen LogP contribution in [-0.4, -0.2) is 70.8 Å². The van der Waals surface area contributed by atoms with Crippen LogP contribution in [-0.2, 0) is 22.0 Å². The van der Waals surface area contributed by atoms with E-state index in [0.29, 0.717) is 11.3 Å². The summed E-state index contributed by atoms with van der Waals surface area (Å²) in [5.74, 6) is -2.50. The van der Waals surface area contributed by atoms with Crippen LogP contribution in [0.5, 0.6) is 5.75 Å². The molecule has 1 aromatic heterocycles. The van der Waals surface area contributed by atoms with Gasteiger partial charge in [-0.3, -0.25) is 9.48 Å². The fraction of sp³-hybridized carbons (Fsp3) is 0.655. The summed E-state index contributed by atoms with van der Waals surface area (Å²) in [6.07, 6.45) is -3.36. The third-order valence-corrected chi connectivity index (χ3v) is 10.7. The Bertz CT molecular complexity index is 1460. The number of amides is 1. The topological polar surface area (TPSA) is 131 Å². The van der Waals surface area contributed by atoms with E-state index in [4.69, 9.17) is 4.74 Å². The lowest BCUT2D eigenvalue weighted by Gasteiger charge is -2.37. The van der Waals surface area contributed by atoms with Crippen LogP contribution in [0.25, 0.3) is 11.3 Å². The highest BCUT2D eigenvalue weighted by atomic mass is 32.2. The number of hydrogen-bond donors (Lipinski definition) is 3. The zero-order chi connectivity index (χ0) is 32.7. The van der Waals surface area contributed by atoms with Crippen molar-refractivity contribution in [2.24, 2.45) is 5.92 Å². The number of rotatable bonds is 9. The number of carbonyl (C=O) groups is 1. The molecule has 9 nitrogen and oxygen atoms in total. The number of carbonyl (C=O) groups excluding carboxylic acids is 1. The molecule has 0 radical (unpaired) electrons. The molecule has 246 valence electrons. The Morgan fingerprint density at radius 3 is 2.27 bits per heavy atom. The van der Waals surface area contributed by atoms with E-state index in [0.717, 1.165) is 6.26 Å². The van der Waals surface area contributed by atoms with Gasteiger partial charge in [0.1, 0.15) is 15.6 Å². The Labute approximate surface area is 252 Å². The molecule has 44 heavy (non-hydrogen) atoms. The van der Waals surface area contributed by atoms with Crippen molar-refractivity contribution in [1.82, 2.24) is 15.1 Å². The quantitative estimate of drug-likeness (QED) is 0.330. The van der Waals surface area contributed by atoms with Crippen molar-refractivity contribution in [3.05, 3.63) is 35.0 Å². The number of ether oxygens (including phenoxy) is 1. The lowest BCUT2D eigenvalue weighted by atomic mass is 9.74. The number of alkyl halides is 5. The minimum atomic E-state index is -4.38. The molecule has 15 heteroatoms. The Hall–Kier alpha value is -2.78. The molecule has 1 amide bonds. The minimum Gasteiger partial charge on any atom is -0.434 e. The summed E-state index contributed by atoms with van der Waals surface area (Å²) in [5, 5.41) is 28.6. The number of sulfone groups is 1. The van der Waals surface area contributed by atoms with Crippen molar-refractivity contribution in [3.8, 4) is 17.0 Å². The molecule has 0 spiro atoms. The van der Waals surface area contributed by atoms with Crippen LogP contribution < -0.4 is 10.1 Å². The van der Waals surface area contributed by atoms with Gasteiger partial charge in [0.25, 0.3) is 5.91 Å². The van der Waals surface area contributed by atoms with E-state index in [1.54, 1.807) is 13.8 Å². The summed E-state index contributed by atoms with van der Waals surface area (Å²) in [6.45, 7) is 0.141. The third-order valence-electron chi connectivity index (χ3n) is 9.02. The van der Waals surface area contributed by atoms with Gasteiger partial charge in [-0.2, -0.15) is 27.1 Å². The van der Waals surface area contributed by atoms with Crippen LogP contribution in [0, 0.1) is 12.8 Å². The van der Waals surface area contributed by atoms with Crippen molar-refractivity contribution in [2.45, 2.75) is 101 Å². The van der Waals surface area contributed by atoms with Gasteiger partial charge >= 0.3 is 12.8 Å². The second-order valence-corrected chi connectivity index (χ2v) is 14.3. The average Bonchev–Trinajstić information content (AvgIpc) is 3.27. The number of aromatic nitrogens is 2. The van der Waals surface area contributed by atoms with Crippen LogP contribution in [0.4, 0.5) is 22.0 Å². The Kier molecular flexibility index (Phi) is 9.72. The van der Waals surface area contributed by atoms with E-state index in [2.05, 4.69) is 10.4 Å². The maximum atomic E-state index is 13.5. The zero-order valence-electron chi connectivity index (χ0n) is 24.8. The van der Waals surface area contributed by atoms with Crippen molar-refractivity contribution < 1.29 is 50.1 Å². The second-order valence-electron chi connectivity index (χ2n) is 12.0. The summed E-state index contributed by atoms with van der Waals surface area (Å²) in [5.41, 5.74) is -2.07. The van der Waals surface area contributed by atoms with E-state index in [1.165, 1.54) is 22.9 Å². The Morgan fingerprint density at radius 2 is 1.75 bits per heavy atom. The summed E-state index contributed by atoms with van der Waals surface area (Å²) < 4.78 is 96.5. The zero-order valence-corrected chi connectivity index (χ0v) is 25.6. The van der Waals surface area contributed by atoms with Crippen molar-refractivity contribution in [2.75, 3.05) is 12.8 Å². The number of benzene rings is 1. The molecule has 2 fully saturated rings. The Balaban J connectivity index is 1.58. The van der Waals surface area contributed by atoms with Gasteiger partial charge in [-0.1, -0.05) is 6.07 Å². The number of aliphatic hydroxyl groups is 2. The highest BCUT2D eigenvalue weighted by Crippen LogP contribution is 2.47. The summed E-state index contributed by atoms with van der Waals surface area (Å²) in [6, 6.07) is 4.07. The van der Waals surface area contributed by atoms with E-state index in [-0.39, 0.29) is 87.0 Å². The molecule has 2 aromatic rings. The molecule has 2 aliphatic carbocycles. The van der Waals surface area contributed by atoms with E-state index in [9.17, 15) is 45.4 Å². The molecular formula is C29H38F5N3O6S. The maximum Gasteiger partial charge on any atom is 0.391 e. The number of hydrogen-bond acceptors (Lipinski definition) is 7. The molecule has 0 bridgehead atoms. The molecule has 3 N–H and O–H groups in total. The van der Waals surface area contributed by atoms with Crippen LogP contribution in [0.1, 0.15) is 79.9 Å². The van der Waals surface area contributed by atoms with Crippen LogP contribution in [0.2, 0.25) is 0 Å². The van der Waals surface area contributed by atoms with Gasteiger partial charge in [0.15, 0.2) is 5.69 Å². The standard InChI is InChI=1S/C29H38F5N3O6S/c1-4-37-24(17(2)23(36-37)25(38)35-16-27(39)11-9-20(10-12-27)44(3,41)42)21-6-5-19(15-22(21)43-26(30)31)28(40)13-7-18(8-14-28)29(32,33)34/h5-6,15,18,20,26,39-40H,4,7-14,16H2,1-3H3,(H,35,38). The molecular weight excluding hydrogens is 613 g/mol. The van der Waals surface area contributed by atoms with Gasteiger partial charge in [-0.05, 0) is 82.9 Å². The van der Waals surface area contributed by atoms with Crippen molar-refractivity contribution in [1.29, 1.82) is 0 Å². The highest BCUT2D eigenvalue weighted by molar-refractivity contribution is 7.91. The fourth-order valence-electron chi connectivity index (χ4n) is 6.31. The van der Waals surface area contributed by atoms with Gasteiger partial charge in [0.05, 0.1) is 28.1 Å². The molecule has 0 unspecified atom stereocenters. The molecule has 2 saturated carbocycles. The highest BCUT2D eigenvalue weighted by Gasteiger charge is 2.46. The molecule has 2 aliphatic rings. The van der Waals surface area contributed by atoms with E-state index in [1.807, 2.05) is 0 Å². The first-order valence-corrected chi connectivity index (χ1v) is 16.5.